The molecule has 19 heteroatoms. The highest BCUT2D eigenvalue weighted by molar-refractivity contribution is 7.13. The number of aryl methyl sites for hydroxylation is 4. The molecule has 18 nitrogen and oxygen atoms in total. The first-order valence-corrected chi connectivity index (χ1v) is 18.8. The fraction of sp³-hybridized carbons (Fsp3) is 0.316. The lowest BCUT2D eigenvalue weighted by Crippen LogP contribution is -2.17. The number of thiazole rings is 1. The van der Waals surface area contributed by atoms with Crippen LogP contribution in [0.2, 0.25) is 0 Å². The van der Waals surface area contributed by atoms with Crippen molar-refractivity contribution in [2.45, 2.75) is 60.0 Å². The number of imidazole rings is 2. The summed E-state index contributed by atoms with van der Waals surface area (Å²) < 4.78 is 20.7. The quantitative estimate of drug-likeness (QED) is 0.0639. The Bertz CT molecular complexity index is 2550. The third-order valence-electron chi connectivity index (χ3n) is 8.85. The number of nitrogens with one attached hydrogen (secondary N) is 2. The van der Waals surface area contributed by atoms with Crippen LogP contribution < -0.4 is 31.6 Å². The van der Waals surface area contributed by atoms with E-state index in [9.17, 15) is 24.3 Å². The lowest BCUT2D eigenvalue weighted by Gasteiger charge is -2.13. The molecule has 0 bridgehead atoms. The number of fused-ring (bicyclic) bond motifs is 2. The maximum absolute atomic E-state index is 13.7. The van der Waals surface area contributed by atoms with Gasteiger partial charge in [-0.1, -0.05) is 26.0 Å². The Morgan fingerprint density at radius 2 is 1.39 bits per heavy atom. The van der Waals surface area contributed by atoms with E-state index in [1.54, 1.807) is 28.2 Å². The Balaban J connectivity index is 1.41. The summed E-state index contributed by atoms with van der Waals surface area (Å²) in [4.78, 5) is 70.2. The highest BCUT2D eigenvalue weighted by Gasteiger charge is 2.25. The van der Waals surface area contributed by atoms with Gasteiger partial charge in [0.1, 0.15) is 27.4 Å². The molecule has 6 rings (SSSR count). The monoisotopic (exact) mass is 798 g/mol. The summed E-state index contributed by atoms with van der Waals surface area (Å²) in [5.41, 5.74) is 14.3. The van der Waals surface area contributed by atoms with E-state index in [4.69, 9.17) is 30.3 Å². The van der Waals surface area contributed by atoms with Crippen molar-refractivity contribution >= 4 is 68.9 Å². The molecule has 0 aliphatic carbocycles. The third-order valence-corrected chi connectivity index (χ3v) is 9.86. The minimum Gasteiger partial charge on any atom is -0.494 e. The second-order valence-corrected chi connectivity index (χ2v) is 13.9. The Hall–Kier alpha value is -6.60. The molecule has 0 saturated carbocycles. The first-order chi connectivity index (χ1) is 27.4. The minimum atomic E-state index is -0.699. The van der Waals surface area contributed by atoms with Gasteiger partial charge in [-0.2, -0.15) is 0 Å². The van der Waals surface area contributed by atoms with Crippen molar-refractivity contribution in [3.63, 3.8) is 0 Å². The summed E-state index contributed by atoms with van der Waals surface area (Å²) >= 11 is 1.27. The average molecular weight is 799 g/mol. The number of aliphatic hydroxyl groups is 1. The predicted octanol–water partition coefficient (Wildman–Crippen LogP) is 4.30. The van der Waals surface area contributed by atoms with Gasteiger partial charge in [-0.3, -0.25) is 29.8 Å². The number of rotatable bonds is 17. The molecule has 4 aromatic heterocycles. The number of primary amides is 2. The normalized spacial score (nSPS) is 11.5. The van der Waals surface area contributed by atoms with Crippen molar-refractivity contribution in [1.29, 1.82) is 0 Å². The number of allylic oxidation sites excluding steroid dienone is 2. The molecule has 4 heterocycles. The number of nitrogens with two attached hydrogens (primary N) is 2. The zero-order valence-corrected chi connectivity index (χ0v) is 32.8. The first kappa shape index (κ1) is 40.1. The summed E-state index contributed by atoms with van der Waals surface area (Å²) in [5, 5.41) is 15.9. The molecule has 0 aliphatic rings. The number of nitrogens with zero attached hydrogens (tertiary/aromatic N) is 6. The highest BCUT2D eigenvalue weighted by Crippen LogP contribution is 2.33. The van der Waals surface area contributed by atoms with E-state index in [1.165, 1.54) is 42.7 Å². The number of hydrogen-bond acceptors (Lipinski definition) is 13. The van der Waals surface area contributed by atoms with E-state index in [-0.39, 0.29) is 66.6 Å². The molecule has 0 aliphatic heterocycles. The van der Waals surface area contributed by atoms with E-state index in [0.717, 1.165) is 5.01 Å². The number of hydrogen-bond donors (Lipinski definition) is 5. The van der Waals surface area contributed by atoms with E-state index in [2.05, 4.69) is 25.6 Å². The molecule has 0 atom stereocenters. The zero-order chi connectivity index (χ0) is 41.0. The van der Waals surface area contributed by atoms with Crippen molar-refractivity contribution in [3.05, 3.63) is 80.5 Å². The topological polar surface area (TPSA) is 258 Å². The van der Waals surface area contributed by atoms with Gasteiger partial charge in [0.25, 0.3) is 11.8 Å². The van der Waals surface area contributed by atoms with Gasteiger partial charge in [0, 0.05) is 44.2 Å². The van der Waals surface area contributed by atoms with Crippen LogP contribution in [0.1, 0.15) is 83.5 Å². The number of oxazole rings is 1. The average Bonchev–Trinajstić information content (AvgIpc) is 3.95. The van der Waals surface area contributed by atoms with Crippen molar-refractivity contribution in [2.75, 3.05) is 31.0 Å². The Kier molecular flexibility index (Phi) is 12.0. The number of amides is 4. The van der Waals surface area contributed by atoms with Crippen LogP contribution in [0.3, 0.4) is 0 Å². The van der Waals surface area contributed by atoms with Crippen LogP contribution in [0, 0.1) is 13.8 Å². The molecule has 7 N–H and O–H groups in total. The number of methoxy groups -OCH3 is 1. The number of anilines is 2. The molecule has 6 aromatic rings. The van der Waals surface area contributed by atoms with Crippen molar-refractivity contribution in [1.82, 2.24) is 29.1 Å². The third kappa shape index (κ3) is 8.33. The Morgan fingerprint density at radius 1 is 0.825 bits per heavy atom. The molecule has 4 amide bonds. The summed E-state index contributed by atoms with van der Waals surface area (Å²) in [6.45, 7) is 7.52. The van der Waals surface area contributed by atoms with Gasteiger partial charge in [0.05, 0.1) is 41.1 Å². The number of ether oxygens (including phenoxy) is 2. The molecule has 0 unspecified atom stereocenters. The van der Waals surface area contributed by atoms with Crippen LogP contribution in [0.15, 0.2) is 40.8 Å². The van der Waals surface area contributed by atoms with Gasteiger partial charge in [0.2, 0.25) is 29.5 Å². The van der Waals surface area contributed by atoms with Crippen molar-refractivity contribution in [3.8, 4) is 11.5 Å². The van der Waals surface area contributed by atoms with Crippen LogP contribution in [0.5, 0.6) is 11.5 Å². The Labute approximate surface area is 329 Å². The van der Waals surface area contributed by atoms with Gasteiger partial charge < -0.3 is 39.6 Å². The maximum Gasteiger partial charge on any atom is 0.295 e. The number of carbonyl (C=O) groups is 4. The van der Waals surface area contributed by atoms with E-state index in [1.807, 2.05) is 20.8 Å². The van der Waals surface area contributed by atoms with E-state index < -0.39 is 23.6 Å². The van der Waals surface area contributed by atoms with Gasteiger partial charge in [0.15, 0.2) is 5.89 Å². The Morgan fingerprint density at radius 3 is 1.93 bits per heavy atom. The highest BCUT2D eigenvalue weighted by atomic mass is 32.1. The lowest BCUT2D eigenvalue weighted by molar-refractivity contribution is 0.0987. The lowest BCUT2D eigenvalue weighted by atomic mass is 10.1. The molecular weight excluding hydrogens is 757 g/mol. The molecule has 0 radical (unpaired) electrons. The predicted molar refractivity (Wildman–Crippen MR) is 212 cm³/mol. The second kappa shape index (κ2) is 17.0. The summed E-state index contributed by atoms with van der Waals surface area (Å²) in [7, 11) is 1.44. The fourth-order valence-electron chi connectivity index (χ4n) is 6.25. The van der Waals surface area contributed by atoms with Crippen LogP contribution in [-0.4, -0.2) is 78.1 Å². The van der Waals surface area contributed by atoms with Crippen LogP contribution in [0.25, 0.3) is 22.1 Å². The fourth-order valence-corrected chi connectivity index (χ4v) is 7.16. The van der Waals surface area contributed by atoms with Gasteiger partial charge in [-0.05, 0) is 44.0 Å². The SMILES string of the molecule is CCc1nc(C)oc1C(=O)Nc1nc2cc(C(N)=O)cc(OC)c2n1CC=CCn1c(NC(=O)c2sc(C)nc2CC)nc2cc(C(N)=O)cc(OCCCO)c21. The molecule has 0 spiro atoms. The number of carbonyl (C=O) groups excluding carboxylic acids is 4. The standard InChI is InChI=1S/C38H42N10O8S/c1-6-23-31(56-19(3)41-23)35(52)45-37-43-25-15-21(33(39)50)17-27(54-5)29(25)47(37)11-8-9-12-48-30-26(16-22(34(40)51)18-28(30)55-14-10-13-49)44-38(48)46-36(53)32-24(7-2)42-20(4)57-32/h8-9,15-18,49H,6-7,10-14H2,1-5H3,(H2,39,50)(H2,40,51)(H,43,45,52)(H,44,46,53). The molecule has 2 aromatic carbocycles. The van der Waals surface area contributed by atoms with Gasteiger partial charge in [-0.25, -0.2) is 19.9 Å². The molecule has 298 valence electrons. The number of benzene rings is 2. The second-order valence-electron chi connectivity index (χ2n) is 12.7. The first-order valence-electron chi connectivity index (χ1n) is 18.0. The van der Waals surface area contributed by atoms with Crippen molar-refractivity contribution in [2.24, 2.45) is 11.5 Å². The van der Waals surface area contributed by atoms with Crippen LogP contribution >= 0.6 is 11.3 Å². The number of aliphatic hydroxyl groups excluding tert-OH is 1. The molecule has 0 saturated heterocycles. The summed E-state index contributed by atoms with van der Waals surface area (Å²) in [5.74, 6) is -1.12. The molecule has 57 heavy (non-hydrogen) atoms. The summed E-state index contributed by atoms with van der Waals surface area (Å²) in [6.07, 6.45) is 4.94. The van der Waals surface area contributed by atoms with E-state index in [0.29, 0.717) is 63.5 Å². The molecular formula is C38H42N10O8S. The number of aromatic nitrogens is 6. The van der Waals surface area contributed by atoms with Crippen molar-refractivity contribution < 1.29 is 38.2 Å². The zero-order valence-electron chi connectivity index (χ0n) is 32.0. The van der Waals surface area contributed by atoms with Gasteiger partial charge >= 0.3 is 0 Å². The minimum absolute atomic E-state index is 0.0477. The van der Waals surface area contributed by atoms with Crippen LogP contribution in [0.4, 0.5) is 11.9 Å². The largest absolute Gasteiger partial charge is 0.494 e. The molecule has 0 fully saturated rings. The maximum atomic E-state index is 13.7. The van der Waals surface area contributed by atoms with Crippen LogP contribution in [-0.2, 0) is 25.9 Å². The van der Waals surface area contributed by atoms with E-state index >= 15 is 0 Å². The van der Waals surface area contributed by atoms with Gasteiger partial charge in [-0.15, -0.1) is 11.3 Å². The smallest absolute Gasteiger partial charge is 0.295 e. The summed E-state index contributed by atoms with van der Waals surface area (Å²) in [6, 6.07) is 6.01.